The van der Waals surface area contributed by atoms with Gasteiger partial charge in [-0.25, -0.2) is 0 Å². The summed E-state index contributed by atoms with van der Waals surface area (Å²) in [6.45, 7) is 3.65. The Bertz CT molecular complexity index is 458. The van der Waals surface area contributed by atoms with Gasteiger partial charge >= 0.3 is 0 Å². The lowest BCUT2D eigenvalue weighted by atomic mass is 9.93. The highest BCUT2D eigenvalue weighted by Crippen LogP contribution is 2.38. The van der Waals surface area contributed by atoms with Crippen LogP contribution in [0.5, 0.6) is 11.5 Å². The van der Waals surface area contributed by atoms with Gasteiger partial charge in [-0.15, -0.1) is 0 Å². The zero-order valence-electron chi connectivity index (χ0n) is 11.3. The molecule has 0 bridgehead atoms. The van der Waals surface area contributed by atoms with Crippen molar-refractivity contribution in [2.45, 2.75) is 19.4 Å². The number of ether oxygens (including phenoxy) is 2. The number of benzene rings is 1. The van der Waals surface area contributed by atoms with Gasteiger partial charge in [0, 0.05) is 0 Å². The first-order valence-corrected chi connectivity index (χ1v) is 6.32. The fourth-order valence-electron chi connectivity index (χ4n) is 1.52. The summed E-state index contributed by atoms with van der Waals surface area (Å²) in [5.74, 6) is 1.08. The number of ketones is 1. The van der Waals surface area contributed by atoms with E-state index in [0.29, 0.717) is 21.5 Å². The van der Waals surface area contributed by atoms with Gasteiger partial charge in [0.15, 0.2) is 5.78 Å². The smallest absolute Gasteiger partial charge is 0.186 e. The molecule has 1 aromatic rings. The van der Waals surface area contributed by atoms with Gasteiger partial charge in [0.05, 0.1) is 25.3 Å². The first-order chi connectivity index (χ1) is 8.38. The van der Waals surface area contributed by atoms with Crippen molar-refractivity contribution < 1.29 is 14.3 Å². The van der Waals surface area contributed by atoms with E-state index in [1.165, 1.54) is 7.11 Å². The van der Waals surface area contributed by atoms with Crippen LogP contribution in [0, 0.1) is 0 Å². The monoisotopic (exact) mass is 315 g/mol. The molecule has 0 aromatic heterocycles. The maximum Gasteiger partial charge on any atom is 0.186 e. The van der Waals surface area contributed by atoms with Gasteiger partial charge in [0.1, 0.15) is 16.0 Å². The Balaban J connectivity index is 3.34. The SMILES string of the molecule is CNC(C)(C)C(=O)c1ccc(OC)c(Br)c1OC. The summed E-state index contributed by atoms with van der Waals surface area (Å²) >= 11 is 3.39. The number of Topliss-reactive ketones (excluding diaryl/α,β-unsaturated/α-hetero) is 1. The minimum atomic E-state index is -0.651. The van der Waals surface area contributed by atoms with Crippen LogP contribution in [0.15, 0.2) is 16.6 Å². The third-order valence-electron chi connectivity index (χ3n) is 2.92. The quantitative estimate of drug-likeness (QED) is 0.849. The van der Waals surface area contributed by atoms with E-state index in [1.807, 2.05) is 13.8 Å². The Morgan fingerprint density at radius 1 is 1.28 bits per heavy atom. The highest BCUT2D eigenvalue weighted by Gasteiger charge is 2.30. The molecule has 0 heterocycles. The Morgan fingerprint density at radius 2 is 1.89 bits per heavy atom. The second-order valence-corrected chi connectivity index (χ2v) is 5.16. The van der Waals surface area contributed by atoms with Crippen molar-refractivity contribution >= 4 is 21.7 Å². The van der Waals surface area contributed by atoms with Crippen LogP contribution in [0.4, 0.5) is 0 Å². The first-order valence-electron chi connectivity index (χ1n) is 5.53. The number of rotatable bonds is 5. The molecule has 18 heavy (non-hydrogen) atoms. The summed E-state index contributed by atoms with van der Waals surface area (Å²) < 4.78 is 11.1. The topological polar surface area (TPSA) is 47.6 Å². The number of likely N-dealkylation sites (N-methyl/N-ethyl adjacent to an activating group) is 1. The largest absolute Gasteiger partial charge is 0.495 e. The molecule has 1 rings (SSSR count). The number of halogens is 1. The van der Waals surface area contributed by atoms with Crippen molar-refractivity contribution in [1.29, 1.82) is 0 Å². The summed E-state index contributed by atoms with van der Waals surface area (Å²) in [6.07, 6.45) is 0. The van der Waals surface area contributed by atoms with Gasteiger partial charge in [-0.3, -0.25) is 4.79 Å². The minimum absolute atomic E-state index is 0.0368. The molecule has 0 spiro atoms. The van der Waals surface area contributed by atoms with Crippen LogP contribution < -0.4 is 14.8 Å². The van der Waals surface area contributed by atoms with Gasteiger partial charge in [0.2, 0.25) is 0 Å². The minimum Gasteiger partial charge on any atom is -0.495 e. The summed E-state index contributed by atoms with van der Waals surface area (Å²) in [5.41, 5.74) is -0.133. The van der Waals surface area contributed by atoms with Gasteiger partial charge in [-0.05, 0) is 49.0 Å². The molecule has 1 aromatic carbocycles. The summed E-state index contributed by atoms with van der Waals surface area (Å²) in [6, 6.07) is 3.45. The van der Waals surface area contributed by atoms with Crippen LogP contribution in [0.3, 0.4) is 0 Å². The molecule has 0 atom stereocenters. The summed E-state index contributed by atoms with van der Waals surface area (Å²) in [7, 11) is 4.85. The van der Waals surface area contributed by atoms with E-state index in [9.17, 15) is 4.79 Å². The molecule has 0 amide bonds. The lowest BCUT2D eigenvalue weighted by Gasteiger charge is -2.24. The van der Waals surface area contributed by atoms with Crippen LogP contribution in [-0.2, 0) is 0 Å². The van der Waals surface area contributed by atoms with E-state index in [4.69, 9.17) is 9.47 Å². The molecular weight excluding hydrogens is 298 g/mol. The van der Waals surface area contributed by atoms with Crippen LogP contribution in [0.2, 0.25) is 0 Å². The predicted molar refractivity (Wildman–Crippen MR) is 74.7 cm³/mol. The maximum absolute atomic E-state index is 12.4. The van der Waals surface area contributed by atoms with Crippen LogP contribution in [0.1, 0.15) is 24.2 Å². The predicted octanol–water partition coefficient (Wildman–Crippen LogP) is 2.65. The molecule has 100 valence electrons. The van der Waals surface area contributed by atoms with Crippen LogP contribution in [0.25, 0.3) is 0 Å². The molecule has 5 heteroatoms. The van der Waals surface area contributed by atoms with Gasteiger partial charge in [-0.1, -0.05) is 0 Å². The van der Waals surface area contributed by atoms with Crippen molar-refractivity contribution in [1.82, 2.24) is 5.32 Å². The average Bonchev–Trinajstić information content (AvgIpc) is 2.37. The lowest BCUT2D eigenvalue weighted by molar-refractivity contribution is 0.0886. The van der Waals surface area contributed by atoms with Crippen molar-refractivity contribution in [2.75, 3.05) is 21.3 Å². The molecule has 4 nitrogen and oxygen atoms in total. The van der Waals surface area contributed by atoms with E-state index >= 15 is 0 Å². The molecule has 0 radical (unpaired) electrons. The number of methoxy groups -OCH3 is 2. The molecule has 1 N–H and O–H groups in total. The second-order valence-electron chi connectivity index (χ2n) is 4.37. The third kappa shape index (κ3) is 2.67. The Labute approximate surface area is 116 Å². The summed E-state index contributed by atoms with van der Waals surface area (Å²) in [5, 5.41) is 2.99. The fourth-order valence-corrected chi connectivity index (χ4v) is 2.19. The van der Waals surface area contributed by atoms with Gasteiger partial charge in [-0.2, -0.15) is 0 Å². The Hall–Kier alpha value is -1.07. The zero-order chi connectivity index (χ0) is 13.9. The van der Waals surface area contributed by atoms with E-state index in [-0.39, 0.29) is 5.78 Å². The number of nitrogens with one attached hydrogen (secondary N) is 1. The highest BCUT2D eigenvalue weighted by molar-refractivity contribution is 9.10. The number of carbonyl (C=O) groups is 1. The molecule has 0 aliphatic heterocycles. The Morgan fingerprint density at radius 3 is 2.33 bits per heavy atom. The maximum atomic E-state index is 12.4. The third-order valence-corrected chi connectivity index (χ3v) is 3.67. The van der Waals surface area contributed by atoms with Gasteiger partial charge < -0.3 is 14.8 Å². The number of carbonyl (C=O) groups excluding carboxylic acids is 1. The van der Waals surface area contributed by atoms with Gasteiger partial charge in [0.25, 0.3) is 0 Å². The second kappa shape index (κ2) is 5.71. The van der Waals surface area contributed by atoms with E-state index in [1.54, 1.807) is 26.3 Å². The highest BCUT2D eigenvalue weighted by atomic mass is 79.9. The standard InChI is InChI=1S/C13H18BrNO3/c1-13(2,15-3)12(16)8-6-7-9(17-4)10(14)11(8)18-5/h6-7,15H,1-5H3. The molecule has 0 aliphatic rings. The zero-order valence-corrected chi connectivity index (χ0v) is 12.8. The molecular formula is C13H18BrNO3. The molecule has 0 fully saturated rings. The van der Waals surface area contributed by atoms with Crippen LogP contribution >= 0.6 is 15.9 Å². The first kappa shape index (κ1) is 15.0. The number of hydrogen-bond acceptors (Lipinski definition) is 4. The van der Waals surface area contributed by atoms with Crippen LogP contribution in [-0.4, -0.2) is 32.6 Å². The van der Waals surface area contributed by atoms with Crippen molar-refractivity contribution in [3.8, 4) is 11.5 Å². The molecule has 0 saturated carbocycles. The normalized spacial score (nSPS) is 11.2. The molecule has 0 unspecified atom stereocenters. The Kier molecular flexibility index (Phi) is 4.76. The average molecular weight is 316 g/mol. The molecule has 0 saturated heterocycles. The molecule has 0 aliphatic carbocycles. The van der Waals surface area contributed by atoms with E-state index < -0.39 is 5.54 Å². The van der Waals surface area contributed by atoms with E-state index in [0.717, 1.165) is 0 Å². The van der Waals surface area contributed by atoms with E-state index in [2.05, 4.69) is 21.2 Å². The number of hydrogen-bond donors (Lipinski definition) is 1. The van der Waals surface area contributed by atoms with Crippen molar-refractivity contribution in [2.24, 2.45) is 0 Å². The lowest BCUT2D eigenvalue weighted by Crippen LogP contribution is -2.44. The van der Waals surface area contributed by atoms with Crippen molar-refractivity contribution in [3.63, 3.8) is 0 Å². The fraction of sp³-hybridized carbons (Fsp3) is 0.462. The summed E-state index contributed by atoms with van der Waals surface area (Å²) in [4.78, 5) is 12.4. The van der Waals surface area contributed by atoms with Crippen molar-refractivity contribution in [3.05, 3.63) is 22.2 Å².